The number of rotatable bonds is 8. The quantitative estimate of drug-likeness (QED) is 0.211. The van der Waals surface area contributed by atoms with Crippen molar-refractivity contribution in [2.75, 3.05) is 0 Å². The maximum Gasteiger partial charge on any atom is 0.337 e. The molecule has 0 radical (unpaired) electrons. The fourth-order valence-electron chi connectivity index (χ4n) is 5.01. The third-order valence-corrected chi connectivity index (χ3v) is 8.27. The number of carbonyl (C=O) groups is 2. The van der Waals surface area contributed by atoms with E-state index >= 15 is 0 Å². The second kappa shape index (κ2) is 11.1. The van der Waals surface area contributed by atoms with Gasteiger partial charge in [-0.1, -0.05) is 35.9 Å². The van der Waals surface area contributed by atoms with E-state index in [1.807, 2.05) is 47.4 Å². The van der Waals surface area contributed by atoms with E-state index < -0.39 is 5.97 Å². The number of halogens is 2. The van der Waals surface area contributed by atoms with Crippen molar-refractivity contribution in [3.8, 4) is 16.9 Å². The van der Waals surface area contributed by atoms with Gasteiger partial charge in [-0.2, -0.15) is 0 Å². The van der Waals surface area contributed by atoms with E-state index in [0.29, 0.717) is 25.4 Å². The number of nitrogens with zero attached hydrogens (tertiary/aromatic N) is 1. The Hall–Kier alpha value is -2.19. The van der Waals surface area contributed by atoms with Crippen molar-refractivity contribution in [2.45, 2.75) is 44.6 Å². The molecule has 186 valence electrons. The number of fused-ring (bicyclic) bond motifs is 1. The molecule has 36 heavy (non-hydrogen) atoms. The van der Waals surface area contributed by atoms with Gasteiger partial charge in [0.1, 0.15) is 12.4 Å². The molecule has 1 aliphatic carbocycles. The van der Waals surface area contributed by atoms with Crippen molar-refractivity contribution in [1.29, 1.82) is 0 Å². The van der Waals surface area contributed by atoms with Crippen LogP contribution < -0.4 is 4.74 Å². The summed E-state index contributed by atoms with van der Waals surface area (Å²) in [5.74, 6) is -0.275. The first-order chi connectivity index (χ1) is 17.4. The molecule has 0 aromatic heterocycles. The second-order valence-corrected chi connectivity index (χ2v) is 11.1. The molecule has 3 unspecified atom stereocenters. The summed E-state index contributed by atoms with van der Waals surface area (Å²) in [6, 6.07) is 18.5. The molecule has 1 heterocycles. The fraction of sp³-hybridized carbons (Fsp3) is 0.259. The van der Waals surface area contributed by atoms with E-state index in [1.165, 1.54) is 0 Å². The molecule has 1 saturated carbocycles. The van der Waals surface area contributed by atoms with E-state index in [9.17, 15) is 14.7 Å². The summed E-state index contributed by atoms with van der Waals surface area (Å²) < 4.78 is 12.0. The first-order valence-corrected chi connectivity index (χ1v) is 16.0. The summed E-state index contributed by atoms with van der Waals surface area (Å²) >= 11 is 8.25. The zero-order valence-electron chi connectivity index (χ0n) is 19.2. The van der Waals surface area contributed by atoms with Crippen LogP contribution in [0.25, 0.3) is 11.1 Å². The average molecular weight is 636 g/mol. The lowest BCUT2D eigenvalue weighted by Gasteiger charge is -2.28. The molecule has 9 heteroatoms. The Morgan fingerprint density at radius 3 is 2.75 bits per heavy atom. The molecule has 1 fully saturated rings. The standard InChI is InChI=1S/C27H24ClINO5P/c28-23-10-7-18(13-22(23)27(32)33)17-4-1-3-16(11-17)15-34-20-8-9-21-19(12-20)14-30(26(21)31)24-5-2-6-25(24)35-36-29/h1,3-4,7-13,24-25,36H,2,5-6,14-15H2,(H,32,33). The maximum absolute atomic E-state index is 13.1. The number of hydrogen-bond donors (Lipinski definition) is 1. The van der Waals surface area contributed by atoms with Crippen LogP contribution in [0.2, 0.25) is 5.02 Å². The van der Waals surface area contributed by atoms with Crippen molar-refractivity contribution in [1.82, 2.24) is 4.90 Å². The Kier molecular flexibility index (Phi) is 7.82. The third kappa shape index (κ3) is 5.25. The first-order valence-electron chi connectivity index (χ1n) is 11.6. The molecule has 3 aromatic rings. The SMILES string of the molecule is O=C(O)c1cc(-c2cccc(COc3ccc4c(c3)CN(C3CCCC3OPI)C4=O)c2)ccc1Cl. The number of aromatic carboxylic acids is 1. The molecule has 0 spiro atoms. The van der Waals surface area contributed by atoms with Gasteiger partial charge in [0.25, 0.3) is 5.91 Å². The van der Waals surface area contributed by atoms with E-state index in [-0.39, 0.29) is 28.6 Å². The van der Waals surface area contributed by atoms with Gasteiger partial charge >= 0.3 is 5.97 Å². The molecule has 3 aromatic carbocycles. The smallest absolute Gasteiger partial charge is 0.337 e. The Bertz CT molecular complexity index is 1320. The Balaban J connectivity index is 1.28. The molecule has 2 aliphatic rings. The van der Waals surface area contributed by atoms with Crippen LogP contribution in [0.15, 0.2) is 60.7 Å². The highest BCUT2D eigenvalue weighted by atomic mass is 127. The molecule has 1 aliphatic heterocycles. The average Bonchev–Trinajstić information content (AvgIpc) is 3.47. The van der Waals surface area contributed by atoms with Crippen LogP contribution in [0.3, 0.4) is 0 Å². The largest absolute Gasteiger partial charge is 0.489 e. The van der Waals surface area contributed by atoms with Crippen molar-refractivity contribution in [3.63, 3.8) is 0 Å². The number of carbonyl (C=O) groups excluding carboxylic acids is 1. The number of ether oxygens (including phenoxy) is 1. The van der Waals surface area contributed by atoms with Gasteiger partial charge < -0.3 is 19.3 Å². The molecule has 6 nitrogen and oxygen atoms in total. The van der Waals surface area contributed by atoms with Gasteiger partial charge in [-0.25, -0.2) is 4.79 Å². The van der Waals surface area contributed by atoms with Gasteiger partial charge in [0, 0.05) is 12.1 Å². The van der Waals surface area contributed by atoms with E-state index in [0.717, 1.165) is 47.1 Å². The highest BCUT2D eigenvalue weighted by Crippen LogP contribution is 2.38. The van der Waals surface area contributed by atoms with Crippen LogP contribution in [0, 0.1) is 0 Å². The molecular weight excluding hydrogens is 612 g/mol. The Morgan fingerprint density at radius 1 is 1.11 bits per heavy atom. The molecule has 1 amide bonds. The lowest BCUT2D eigenvalue weighted by Crippen LogP contribution is -2.40. The summed E-state index contributed by atoms with van der Waals surface area (Å²) in [7, 11) is 0. The van der Waals surface area contributed by atoms with Crippen LogP contribution >= 0.6 is 40.1 Å². The molecule has 5 rings (SSSR count). The minimum Gasteiger partial charge on any atom is -0.489 e. The van der Waals surface area contributed by atoms with E-state index in [1.54, 1.807) is 18.2 Å². The van der Waals surface area contributed by atoms with Crippen molar-refractivity contribution < 1.29 is 24.0 Å². The summed E-state index contributed by atoms with van der Waals surface area (Å²) in [4.78, 5) is 26.5. The van der Waals surface area contributed by atoms with Crippen molar-refractivity contribution in [2.24, 2.45) is 0 Å². The van der Waals surface area contributed by atoms with Crippen molar-refractivity contribution >= 4 is 52.0 Å². The normalized spacial score (nSPS) is 19.3. The monoisotopic (exact) mass is 635 g/mol. The number of amides is 1. The van der Waals surface area contributed by atoms with Gasteiger partial charge in [0.15, 0.2) is 0 Å². The topological polar surface area (TPSA) is 76.1 Å². The highest BCUT2D eigenvalue weighted by molar-refractivity contribution is 14.2. The number of hydrogen-bond acceptors (Lipinski definition) is 4. The predicted molar refractivity (Wildman–Crippen MR) is 149 cm³/mol. The second-order valence-electron chi connectivity index (χ2n) is 8.97. The van der Waals surface area contributed by atoms with Crippen LogP contribution in [-0.2, 0) is 17.7 Å². The summed E-state index contributed by atoms with van der Waals surface area (Å²) in [5, 5.41) is 9.57. The van der Waals surface area contributed by atoms with Gasteiger partial charge in [0.2, 0.25) is 0 Å². The first kappa shape index (κ1) is 25.5. The highest BCUT2D eigenvalue weighted by Gasteiger charge is 2.39. The van der Waals surface area contributed by atoms with Crippen LogP contribution in [0.4, 0.5) is 0 Å². The van der Waals surface area contributed by atoms with Gasteiger partial charge in [-0.3, -0.25) is 4.79 Å². The van der Waals surface area contributed by atoms with Gasteiger partial charge in [-0.05, 0) is 100.0 Å². The number of carboxylic acid groups (broad SMARTS) is 1. The van der Waals surface area contributed by atoms with E-state index in [2.05, 4.69) is 22.0 Å². The van der Waals surface area contributed by atoms with Crippen LogP contribution in [0.5, 0.6) is 5.75 Å². The van der Waals surface area contributed by atoms with E-state index in [4.69, 9.17) is 20.9 Å². The molecule has 1 N–H and O–H groups in total. The summed E-state index contributed by atoms with van der Waals surface area (Å²) in [6.45, 7) is 1.32. The molecule has 3 atom stereocenters. The predicted octanol–water partition coefficient (Wildman–Crippen LogP) is 7.12. The van der Waals surface area contributed by atoms with Crippen LogP contribution in [-0.4, -0.2) is 34.0 Å². The van der Waals surface area contributed by atoms with Gasteiger partial charge in [-0.15, -0.1) is 0 Å². The summed E-state index contributed by atoms with van der Waals surface area (Å²) in [6.07, 6.45) is 3.18. The number of benzene rings is 3. The Morgan fingerprint density at radius 2 is 1.94 bits per heavy atom. The van der Waals surface area contributed by atoms with Gasteiger partial charge in [0.05, 0.1) is 29.2 Å². The minimum atomic E-state index is -1.06. The Labute approximate surface area is 229 Å². The molecule has 0 bridgehead atoms. The maximum atomic E-state index is 13.1. The minimum absolute atomic E-state index is 0.0720. The molecular formula is C27H24ClINO5P. The van der Waals surface area contributed by atoms with Crippen LogP contribution in [0.1, 0.15) is 51.1 Å². The fourth-order valence-corrected chi connectivity index (χ4v) is 6.58. The number of carboxylic acids is 1. The van der Waals surface area contributed by atoms with Crippen molar-refractivity contribution in [3.05, 3.63) is 87.9 Å². The third-order valence-electron chi connectivity index (χ3n) is 6.79. The molecule has 0 saturated heterocycles. The summed E-state index contributed by atoms with van der Waals surface area (Å²) in [5.41, 5.74) is 4.39. The lowest BCUT2D eigenvalue weighted by atomic mass is 10.0. The zero-order chi connectivity index (χ0) is 25.2. The zero-order valence-corrected chi connectivity index (χ0v) is 23.2. The lowest BCUT2D eigenvalue weighted by molar-refractivity contribution is 0.0570.